The second-order valence-electron chi connectivity index (χ2n) is 4.32. The molecule has 2 aromatic carbocycles. The maximum absolute atomic E-state index is 13.9. The van der Waals surface area contributed by atoms with E-state index in [2.05, 4.69) is 20.9 Å². The summed E-state index contributed by atoms with van der Waals surface area (Å²) >= 11 is 9.22. The second-order valence-corrected chi connectivity index (χ2v) is 5.64. The van der Waals surface area contributed by atoms with Gasteiger partial charge in [-0.2, -0.15) is 0 Å². The summed E-state index contributed by atoms with van der Waals surface area (Å²) in [7, 11) is 0. The van der Waals surface area contributed by atoms with Gasteiger partial charge in [-0.25, -0.2) is 4.39 Å². The number of aromatic nitrogens is 1. The molecular weight excluding hydrogens is 345 g/mol. The first kappa shape index (κ1) is 13.3. The molecule has 0 fully saturated rings. The fraction of sp³-hybridized carbons (Fsp3) is 0. The van der Waals surface area contributed by atoms with Gasteiger partial charge in [0.2, 0.25) is 0 Å². The predicted octanol–water partition coefficient (Wildman–Crippen LogP) is 4.95. The van der Waals surface area contributed by atoms with Crippen molar-refractivity contribution in [3.05, 3.63) is 69.0 Å². The molecule has 20 heavy (non-hydrogen) atoms. The lowest BCUT2D eigenvalue weighted by Gasteiger charge is -2.02. The molecule has 1 N–H and O–H groups in total. The van der Waals surface area contributed by atoms with Gasteiger partial charge in [0.25, 0.3) is 0 Å². The van der Waals surface area contributed by atoms with Crippen molar-refractivity contribution in [2.75, 3.05) is 0 Å². The van der Waals surface area contributed by atoms with Crippen LogP contribution < -0.4 is 0 Å². The molecule has 0 aliphatic heterocycles. The maximum atomic E-state index is 13.9. The fourth-order valence-corrected chi connectivity index (χ4v) is 2.69. The highest BCUT2D eigenvalue weighted by Crippen LogP contribution is 2.27. The van der Waals surface area contributed by atoms with Gasteiger partial charge >= 0.3 is 0 Å². The zero-order valence-electron chi connectivity index (χ0n) is 10.1. The van der Waals surface area contributed by atoms with Crippen LogP contribution in [0, 0.1) is 5.82 Å². The highest BCUT2D eigenvalue weighted by Gasteiger charge is 2.18. The standard InChI is InChI=1S/C15H8BrClFNO/c16-8-4-5-10(13(18)6-8)15(20)11-7-19-14-9(11)2-1-3-12(14)17/h1-7,19H. The molecule has 3 rings (SSSR count). The molecule has 3 aromatic rings. The molecule has 0 saturated carbocycles. The highest BCUT2D eigenvalue weighted by molar-refractivity contribution is 9.10. The number of para-hydroxylation sites is 1. The van der Waals surface area contributed by atoms with Crippen LogP contribution in [0.2, 0.25) is 5.02 Å². The van der Waals surface area contributed by atoms with Gasteiger partial charge < -0.3 is 4.98 Å². The van der Waals surface area contributed by atoms with E-state index in [9.17, 15) is 9.18 Å². The molecule has 0 amide bonds. The Kier molecular flexibility index (Phi) is 3.36. The van der Waals surface area contributed by atoms with E-state index in [1.165, 1.54) is 12.1 Å². The SMILES string of the molecule is O=C(c1ccc(Br)cc1F)c1c[nH]c2c(Cl)cccc12. The Morgan fingerprint density at radius 2 is 2.00 bits per heavy atom. The number of carbonyl (C=O) groups excluding carboxylic acids is 1. The number of halogens is 3. The van der Waals surface area contributed by atoms with Crippen molar-refractivity contribution in [3.8, 4) is 0 Å². The van der Waals surface area contributed by atoms with Gasteiger partial charge in [0, 0.05) is 21.6 Å². The van der Waals surface area contributed by atoms with E-state index in [1.807, 2.05) is 0 Å². The summed E-state index contributed by atoms with van der Waals surface area (Å²) in [6.07, 6.45) is 1.56. The van der Waals surface area contributed by atoms with Crippen molar-refractivity contribution in [1.29, 1.82) is 0 Å². The average molecular weight is 353 g/mol. The summed E-state index contributed by atoms with van der Waals surface area (Å²) in [6.45, 7) is 0. The van der Waals surface area contributed by atoms with Crippen molar-refractivity contribution in [3.63, 3.8) is 0 Å². The van der Waals surface area contributed by atoms with E-state index in [0.29, 0.717) is 26.0 Å². The minimum Gasteiger partial charge on any atom is -0.359 e. The van der Waals surface area contributed by atoms with Crippen LogP contribution in [-0.4, -0.2) is 10.8 Å². The molecule has 1 aromatic heterocycles. The van der Waals surface area contributed by atoms with E-state index >= 15 is 0 Å². The van der Waals surface area contributed by atoms with E-state index < -0.39 is 5.82 Å². The molecule has 0 aliphatic rings. The summed E-state index contributed by atoms with van der Waals surface area (Å²) in [5.74, 6) is -0.927. The highest BCUT2D eigenvalue weighted by atomic mass is 79.9. The van der Waals surface area contributed by atoms with Gasteiger partial charge in [0.15, 0.2) is 5.78 Å². The number of fused-ring (bicyclic) bond motifs is 1. The third-order valence-corrected chi connectivity index (χ3v) is 3.89. The Balaban J connectivity index is 2.16. The minimum absolute atomic E-state index is 0.0362. The van der Waals surface area contributed by atoms with Crippen molar-refractivity contribution in [2.45, 2.75) is 0 Å². The first-order valence-electron chi connectivity index (χ1n) is 5.83. The van der Waals surface area contributed by atoms with Crippen LogP contribution in [0.1, 0.15) is 15.9 Å². The van der Waals surface area contributed by atoms with Crippen LogP contribution in [0.3, 0.4) is 0 Å². The number of hydrogen-bond donors (Lipinski definition) is 1. The van der Waals surface area contributed by atoms with Crippen LogP contribution in [0.5, 0.6) is 0 Å². The maximum Gasteiger partial charge on any atom is 0.198 e. The summed E-state index contributed by atoms with van der Waals surface area (Å²) in [6, 6.07) is 9.64. The molecule has 0 aliphatic carbocycles. The zero-order valence-corrected chi connectivity index (χ0v) is 12.4. The Hall–Kier alpha value is -1.65. The molecule has 1 heterocycles. The van der Waals surface area contributed by atoms with Crippen LogP contribution >= 0.6 is 27.5 Å². The van der Waals surface area contributed by atoms with Gasteiger partial charge in [0.05, 0.1) is 16.1 Å². The summed E-state index contributed by atoms with van der Waals surface area (Å²) in [4.78, 5) is 15.4. The van der Waals surface area contributed by atoms with E-state index in [-0.39, 0.29) is 11.3 Å². The molecular formula is C15H8BrClFNO. The summed E-state index contributed by atoms with van der Waals surface area (Å²) in [5, 5.41) is 1.21. The van der Waals surface area contributed by atoms with E-state index in [0.717, 1.165) is 0 Å². The number of nitrogens with one attached hydrogen (secondary N) is 1. The third-order valence-electron chi connectivity index (χ3n) is 3.09. The topological polar surface area (TPSA) is 32.9 Å². The van der Waals surface area contributed by atoms with Crippen LogP contribution in [0.4, 0.5) is 4.39 Å². The number of aromatic amines is 1. The van der Waals surface area contributed by atoms with Crippen LogP contribution in [-0.2, 0) is 0 Å². The predicted molar refractivity (Wildman–Crippen MR) is 80.8 cm³/mol. The Bertz CT molecular complexity index is 828. The van der Waals surface area contributed by atoms with Crippen LogP contribution in [0.15, 0.2) is 47.1 Å². The largest absolute Gasteiger partial charge is 0.359 e. The van der Waals surface area contributed by atoms with Gasteiger partial charge in [-0.3, -0.25) is 4.79 Å². The quantitative estimate of drug-likeness (QED) is 0.650. The number of rotatable bonds is 2. The number of ketones is 1. The van der Waals surface area contributed by atoms with Gasteiger partial charge in [-0.15, -0.1) is 0 Å². The van der Waals surface area contributed by atoms with Crippen molar-refractivity contribution >= 4 is 44.2 Å². The Morgan fingerprint density at radius 1 is 1.20 bits per heavy atom. The molecule has 0 radical (unpaired) electrons. The fourth-order valence-electron chi connectivity index (χ4n) is 2.12. The Labute approximate surface area is 127 Å². The second kappa shape index (κ2) is 5.04. The third kappa shape index (κ3) is 2.15. The minimum atomic E-state index is -0.555. The van der Waals surface area contributed by atoms with Crippen LogP contribution in [0.25, 0.3) is 10.9 Å². The molecule has 0 unspecified atom stereocenters. The van der Waals surface area contributed by atoms with E-state index in [4.69, 9.17) is 11.6 Å². The number of hydrogen-bond acceptors (Lipinski definition) is 1. The molecule has 2 nitrogen and oxygen atoms in total. The summed E-state index contributed by atoms with van der Waals surface area (Å²) < 4.78 is 14.5. The molecule has 0 atom stereocenters. The van der Waals surface area contributed by atoms with Crippen molar-refractivity contribution < 1.29 is 9.18 Å². The van der Waals surface area contributed by atoms with Crippen molar-refractivity contribution in [2.24, 2.45) is 0 Å². The van der Waals surface area contributed by atoms with Gasteiger partial charge in [-0.05, 0) is 24.3 Å². The molecule has 0 spiro atoms. The molecule has 100 valence electrons. The monoisotopic (exact) mass is 351 g/mol. The Morgan fingerprint density at radius 3 is 2.75 bits per heavy atom. The average Bonchev–Trinajstić information content (AvgIpc) is 2.83. The normalized spacial score (nSPS) is 10.9. The molecule has 5 heteroatoms. The lowest BCUT2D eigenvalue weighted by atomic mass is 10.0. The van der Waals surface area contributed by atoms with Crippen molar-refractivity contribution in [1.82, 2.24) is 4.98 Å². The molecule has 0 bridgehead atoms. The first-order chi connectivity index (χ1) is 9.58. The molecule has 0 saturated heterocycles. The lowest BCUT2D eigenvalue weighted by Crippen LogP contribution is -2.03. The van der Waals surface area contributed by atoms with E-state index in [1.54, 1.807) is 30.5 Å². The first-order valence-corrected chi connectivity index (χ1v) is 7.00. The number of benzene rings is 2. The number of H-pyrrole nitrogens is 1. The van der Waals surface area contributed by atoms with Gasteiger partial charge in [-0.1, -0.05) is 39.7 Å². The van der Waals surface area contributed by atoms with Gasteiger partial charge in [0.1, 0.15) is 5.82 Å². The smallest absolute Gasteiger partial charge is 0.198 e. The lowest BCUT2D eigenvalue weighted by molar-refractivity contribution is 0.103. The number of carbonyl (C=O) groups is 1. The summed E-state index contributed by atoms with van der Waals surface area (Å²) in [5.41, 5.74) is 1.12. The zero-order chi connectivity index (χ0) is 14.3.